The smallest absolute Gasteiger partial charge is 0.335 e. The number of anilines is 1. The lowest BCUT2D eigenvalue weighted by Gasteiger charge is -2.21. The highest BCUT2D eigenvalue weighted by molar-refractivity contribution is 5.93. The first-order valence-corrected chi connectivity index (χ1v) is 7.78. The van der Waals surface area contributed by atoms with E-state index < -0.39 is 5.97 Å². The topological polar surface area (TPSA) is 66.4 Å². The van der Waals surface area contributed by atoms with Crippen molar-refractivity contribution in [3.8, 4) is 0 Å². The number of carbonyl (C=O) groups is 2. The summed E-state index contributed by atoms with van der Waals surface area (Å²) in [5.41, 5.74) is 0.743. The van der Waals surface area contributed by atoms with E-state index in [1.165, 1.54) is 44.2 Å². The Balaban J connectivity index is 1.73. The highest BCUT2D eigenvalue weighted by atomic mass is 16.4. The molecule has 0 radical (unpaired) electrons. The van der Waals surface area contributed by atoms with Crippen molar-refractivity contribution in [1.29, 1.82) is 0 Å². The van der Waals surface area contributed by atoms with E-state index in [1.807, 2.05) is 0 Å². The minimum absolute atomic E-state index is 0.0339. The maximum Gasteiger partial charge on any atom is 0.335 e. The molecule has 1 aliphatic rings. The van der Waals surface area contributed by atoms with Gasteiger partial charge in [-0.25, -0.2) is 4.79 Å². The average Bonchev–Trinajstić information content (AvgIpc) is 2.48. The summed E-state index contributed by atoms with van der Waals surface area (Å²) in [7, 11) is 0. The van der Waals surface area contributed by atoms with Crippen molar-refractivity contribution in [3.05, 3.63) is 29.8 Å². The number of carbonyl (C=O) groups excluding carboxylic acids is 1. The van der Waals surface area contributed by atoms with Crippen LogP contribution in [0.25, 0.3) is 0 Å². The Morgan fingerprint density at radius 3 is 2.67 bits per heavy atom. The molecule has 1 fully saturated rings. The van der Waals surface area contributed by atoms with Crippen LogP contribution in [-0.4, -0.2) is 17.0 Å². The van der Waals surface area contributed by atoms with Crippen molar-refractivity contribution >= 4 is 17.6 Å². The van der Waals surface area contributed by atoms with Crippen molar-refractivity contribution in [2.75, 3.05) is 5.32 Å². The van der Waals surface area contributed by atoms with Crippen LogP contribution in [0.3, 0.4) is 0 Å². The van der Waals surface area contributed by atoms with E-state index in [4.69, 9.17) is 5.11 Å². The molecular formula is C17H23NO3. The maximum atomic E-state index is 11.9. The molecule has 0 unspecified atom stereocenters. The highest BCUT2D eigenvalue weighted by Gasteiger charge is 2.13. The van der Waals surface area contributed by atoms with Crippen molar-refractivity contribution in [2.45, 2.75) is 51.4 Å². The minimum atomic E-state index is -0.983. The summed E-state index contributed by atoms with van der Waals surface area (Å²) in [6.07, 6.45) is 9.19. The number of carboxylic acid groups (broad SMARTS) is 1. The van der Waals surface area contributed by atoms with E-state index in [2.05, 4.69) is 5.32 Å². The van der Waals surface area contributed by atoms with Crippen LogP contribution < -0.4 is 5.32 Å². The number of carboxylic acids is 1. The van der Waals surface area contributed by atoms with Crippen LogP contribution in [-0.2, 0) is 4.79 Å². The summed E-state index contributed by atoms with van der Waals surface area (Å²) < 4.78 is 0. The molecule has 2 rings (SSSR count). The number of nitrogens with one attached hydrogen (secondary N) is 1. The molecule has 0 spiro atoms. The van der Waals surface area contributed by atoms with Gasteiger partial charge in [0.25, 0.3) is 0 Å². The van der Waals surface area contributed by atoms with Gasteiger partial charge < -0.3 is 10.4 Å². The second-order valence-corrected chi connectivity index (χ2v) is 5.83. The van der Waals surface area contributed by atoms with Crippen LogP contribution in [0, 0.1) is 5.92 Å². The van der Waals surface area contributed by atoms with Gasteiger partial charge in [0.05, 0.1) is 5.56 Å². The summed E-state index contributed by atoms with van der Waals surface area (Å²) >= 11 is 0. The lowest BCUT2D eigenvalue weighted by Crippen LogP contribution is -2.13. The van der Waals surface area contributed by atoms with Crippen molar-refractivity contribution in [1.82, 2.24) is 0 Å². The van der Waals surface area contributed by atoms with Gasteiger partial charge in [0.2, 0.25) is 5.91 Å². The molecule has 4 heteroatoms. The number of hydrogen-bond acceptors (Lipinski definition) is 2. The first-order valence-electron chi connectivity index (χ1n) is 7.78. The number of amides is 1. The fourth-order valence-corrected chi connectivity index (χ4v) is 2.98. The molecule has 0 aromatic heterocycles. The van der Waals surface area contributed by atoms with Gasteiger partial charge in [0.15, 0.2) is 0 Å². The largest absolute Gasteiger partial charge is 0.478 e. The first kappa shape index (κ1) is 15.5. The molecule has 2 N–H and O–H groups in total. The van der Waals surface area contributed by atoms with Gasteiger partial charge in [-0.05, 0) is 37.0 Å². The predicted molar refractivity (Wildman–Crippen MR) is 82.5 cm³/mol. The number of benzene rings is 1. The number of aromatic carboxylic acids is 1. The molecule has 0 aliphatic heterocycles. The lowest BCUT2D eigenvalue weighted by atomic mass is 9.86. The molecule has 0 saturated heterocycles. The van der Waals surface area contributed by atoms with Gasteiger partial charge in [-0.3, -0.25) is 4.79 Å². The Bertz CT molecular complexity index is 493. The zero-order valence-electron chi connectivity index (χ0n) is 12.3. The van der Waals surface area contributed by atoms with E-state index in [0.717, 1.165) is 18.8 Å². The van der Waals surface area contributed by atoms with Gasteiger partial charge in [0, 0.05) is 12.1 Å². The molecule has 1 amide bonds. The number of rotatable bonds is 6. The Morgan fingerprint density at radius 2 is 1.95 bits per heavy atom. The third-order valence-electron chi connectivity index (χ3n) is 4.13. The van der Waals surface area contributed by atoms with Gasteiger partial charge in [0.1, 0.15) is 0 Å². The molecule has 0 atom stereocenters. The van der Waals surface area contributed by atoms with E-state index in [-0.39, 0.29) is 11.5 Å². The lowest BCUT2D eigenvalue weighted by molar-refractivity contribution is -0.116. The zero-order valence-corrected chi connectivity index (χ0v) is 12.3. The molecule has 21 heavy (non-hydrogen) atoms. The fourth-order valence-electron chi connectivity index (χ4n) is 2.98. The molecule has 0 heterocycles. The fraction of sp³-hybridized carbons (Fsp3) is 0.529. The van der Waals surface area contributed by atoms with E-state index >= 15 is 0 Å². The quantitative estimate of drug-likeness (QED) is 0.829. The van der Waals surface area contributed by atoms with Crippen molar-refractivity contribution < 1.29 is 14.7 Å². The third kappa shape index (κ3) is 5.21. The standard InChI is InChI=1S/C17H23NO3/c19-16(11-4-8-13-6-2-1-3-7-13)18-15-10-5-9-14(12-15)17(20)21/h5,9-10,12-13H,1-4,6-8,11H2,(H,18,19)(H,20,21). The zero-order chi connectivity index (χ0) is 15.1. The molecule has 114 valence electrons. The van der Waals surface area contributed by atoms with Crippen molar-refractivity contribution in [2.24, 2.45) is 5.92 Å². The summed E-state index contributed by atoms with van der Waals surface area (Å²) in [6.45, 7) is 0. The second kappa shape index (κ2) is 7.81. The highest BCUT2D eigenvalue weighted by Crippen LogP contribution is 2.27. The average molecular weight is 289 g/mol. The van der Waals surface area contributed by atoms with Crippen LogP contribution >= 0.6 is 0 Å². The molecule has 1 aromatic rings. The molecule has 0 bridgehead atoms. The monoisotopic (exact) mass is 289 g/mol. The maximum absolute atomic E-state index is 11.9. The van der Waals surface area contributed by atoms with E-state index in [1.54, 1.807) is 12.1 Å². The SMILES string of the molecule is O=C(CCCC1CCCCC1)Nc1cccc(C(=O)O)c1. The van der Waals surface area contributed by atoms with Crippen LogP contribution in [0.15, 0.2) is 24.3 Å². The molecule has 4 nitrogen and oxygen atoms in total. The second-order valence-electron chi connectivity index (χ2n) is 5.83. The van der Waals surface area contributed by atoms with Crippen molar-refractivity contribution in [3.63, 3.8) is 0 Å². The Kier molecular flexibility index (Phi) is 5.78. The third-order valence-corrected chi connectivity index (χ3v) is 4.13. The summed E-state index contributed by atoms with van der Waals surface area (Å²) in [5, 5.41) is 11.7. The van der Waals surface area contributed by atoms with Crippen LogP contribution in [0.5, 0.6) is 0 Å². The Hall–Kier alpha value is -1.84. The summed E-state index contributed by atoms with van der Waals surface area (Å²) in [5.74, 6) is -0.223. The first-order chi connectivity index (χ1) is 10.1. The molecule has 1 saturated carbocycles. The Labute approximate surface area is 125 Å². The molecule has 1 aliphatic carbocycles. The summed E-state index contributed by atoms with van der Waals surface area (Å²) in [6, 6.07) is 6.36. The molecule has 1 aromatic carbocycles. The van der Waals surface area contributed by atoms with E-state index in [9.17, 15) is 9.59 Å². The van der Waals surface area contributed by atoms with E-state index in [0.29, 0.717) is 12.1 Å². The normalized spacial score (nSPS) is 15.6. The van der Waals surface area contributed by atoms with Crippen LogP contribution in [0.4, 0.5) is 5.69 Å². The summed E-state index contributed by atoms with van der Waals surface area (Å²) in [4.78, 5) is 22.8. The van der Waals surface area contributed by atoms with Gasteiger partial charge in [-0.1, -0.05) is 38.2 Å². The van der Waals surface area contributed by atoms with Gasteiger partial charge in [-0.15, -0.1) is 0 Å². The predicted octanol–water partition coefficient (Wildman–Crippen LogP) is 4.07. The van der Waals surface area contributed by atoms with Crippen LogP contribution in [0.1, 0.15) is 61.7 Å². The van der Waals surface area contributed by atoms with Crippen LogP contribution in [0.2, 0.25) is 0 Å². The van der Waals surface area contributed by atoms with Gasteiger partial charge >= 0.3 is 5.97 Å². The number of hydrogen-bond donors (Lipinski definition) is 2. The molecular weight excluding hydrogens is 266 g/mol. The van der Waals surface area contributed by atoms with Gasteiger partial charge in [-0.2, -0.15) is 0 Å². The minimum Gasteiger partial charge on any atom is -0.478 e. The Morgan fingerprint density at radius 1 is 1.19 bits per heavy atom.